The van der Waals surface area contributed by atoms with Crippen LogP contribution in [-0.2, 0) is 9.59 Å². The number of ether oxygens (including phenoxy) is 1. The van der Waals surface area contributed by atoms with E-state index in [1.54, 1.807) is 60.4 Å². The number of nitrogens with one attached hydrogen (secondary N) is 2. The van der Waals surface area contributed by atoms with Gasteiger partial charge in [-0.2, -0.15) is 0 Å². The highest BCUT2D eigenvalue weighted by atomic mass is 19.1. The minimum atomic E-state index is -1.26. The molecule has 1 aliphatic heterocycles. The Hall–Kier alpha value is -5.30. The Labute approximate surface area is 247 Å². The number of likely N-dealkylation sites (tertiary alicyclic amines) is 1. The zero-order chi connectivity index (χ0) is 30.5. The topological polar surface area (TPSA) is 117 Å². The van der Waals surface area contributed by atoms with Crippen LogP contribution in [-0.4, -0.2) is 51.1 Å². The van der Waals surface area contributed by atoms with Crippen LogP contribution in [0, 0.1) is 18.2 Å². The number of benzene rings is 3. The lowest BCUT2D eigenvalue weighted by atomic mass is 9.92. The molecule has 1 fully saturated rings. The maximum atomic E-state index is 14.7. The number of amides is 2. The van der Waals surface area contributed by atoms with Crippen LogP contribution < -0.4 is 15.7 Å². The van der Waals surface area contributed by atoms with Gasteiger partial charge in [-0.05, 0) is 60.9 Å². The van der Waals surface area contributed by atoms with Crippen molar-refractivity contribution in [2.24, 2.45) is 0 Å². The van der Waals surface area contributed by atoms with Gasteiger partial charge in [0.05, 0.1) is 5.69 Å². The average molecular weight is 583 g/mol. The van der Waals surface area contributed by atoms with E-state index in [2.05, 4.69) is 16.2 Å². The summed E-state index contributed by atoms with van der Waals surface area (Å²) in [5, 5.41) is 13.9. The summed E-state index contributed by atoms with van der Waals surface area (Å²) in [7, 11) is 0. The molecule has 43 heavy (non-hydrogen) atoms. The maximum absolute atomic E-state index is 14.7. The zero-order valence-corrected chi connectivity index (χ0v) is 23.5. The number of terminal acetylenes is 1. The van der Waals surface area contributed by atoms with Gasteiger partial charge in [0.15, 0.2) is 6.61 Å². The number of halogens is 1. The molecule has 0 spiro atoms. The lowest BCUT2D eigenvalue weighted by Gasteiger charge is -2.25. The Kier molecular flexibility index (Phi) is 8.62. The Bertz CT molecular complexity index is 1720. The molecule has 3 N–H and O–H groups in total. The molecule has 220 valence electrons. The number of carbonyl (C=O) groups excluding carboxylic acids is 2. The van der Waals surface area contributed by atoms with Gasteiger partial charge in [-0.3, -0.25) is 9.59 Å². The molecule has 1 saturated heterocycles. The maximum Gasteiger partial charge on any atom is 0.329 e. The molecule has 2 atom stereocenters. The van der Waals surface area contributed by atoms with E-state index in [1.165, 1.54) is 12.1 Å². The van der Waals surface area contributed by atoms with Crippen LogP contribution in [0.2, 0.25) is 0 Å². The van der Waals surface area contributed by atoms with Crippen molar-refractivity contribution in [1.29, 1.82) is 0 Å². The molecule has 3 aromatic carbocycles. The van der Waals surface area contributed by atoms with Gasteiger partial charge in [0.1, 0.15) is 23.3 Å². The minimum Gasteiger partial charge on any atom is -0.493 e. The van der Waals surface area contributed by atoms with E-state index in [1.807, 2.05) is 6.07 Å². The fourth-order valence-electron chi connectivity index (χ4n) is 5.24. The number of hydrogen-bond acceptors (Lipinski definition) is 5. The van der Waals surface area contributed by atoms with Crippen LogP contribution in [0.5, 0.6) is 11.6 Å². The first kappa shape index (κ1) is 29.2. The Balaban J connectivity index is 1.43. The van der Waals surface area contributed by atoms with Gasteiger partial charge in [-0.1, -0.05) is 43.2 Å². The van der Waals surface area contributed by atoms with E-state index >= 15 is 0 Å². The summed E-state index contributed by atoms with van der Waals surface area (Å²) < 4.78 is 21.3. The minimum absolute atomic E-state index is 0.0793. The first-order valence-electron chi connectivity index (χ1n) is 13.9. The van der Waals surface area contributed by atoms with Gasteiger partial charge in [0.2, 0.25) is 11.8 Å². The first-order chi connectivity index (χ1) is 20.8. The standard InChI is InChI=1S/C33H31FN4O5/c1-3-22-11-16-27(26(34)19-22)35-31(40)30(21(2)23-9-5-4-6-10-23)38-32(41)29(36-33(38)42)24-12-14-25(15-13-24)43-20-28(39)37-17-7-8-18-37/h1,4-6,9-16,19,21,30,41H,7-8,17-18,20H2,2H3,(H,35,40)(H,36,42)/t21-,30-/m0/s1. The van der Waals surface area contributed by atoms with Crippen LogP contribution in [0.15, 0.2) is 77.6 Å². The van der Waals surface area contributed by atoms with Gasteiger partial charge in [0.25, 0.3) is 5.91 Å². The molecule has 5 rings (SSSR count). The van der Waals surface area contributed by atoms with E-state index in [4.69, 9.17) is 11.2 Å². The zero-order valence-electron chi connectivity index (χ0n) is 23.5. The van der Waals surface area contributed by atoms with Gasteiger partial charge >= 0.3 is 5.69 Å². The number of aromatic hydroxyl groups is 1. The second kappa shape index (κ2) is 12.7. The third kappa shape index (κ3) is 6.31. The molecule has 10 heteroatoms. The van der Waals surface area contributed by atoms with Crippen molar-refractivity contribution in [1.82, 2.24) is 14.5 Å². The van der Waals surface area contributed by atoms with Crippen molar-refractivity contribution in [3.63, 3.8) is 0 Å². The predicted octanol–water partition coefficient (Wildman–Crippen LogP) is 4.65. The summed E-state index contributed by atoms with van der Waals surface area (Å²) in [6, 6.07) is 18.2. The SMILES string of the molecule is C#Cc1ccc(NC(=O)[C@H]([C@@H](C)c2ccccc2)n2c(O)c(-c3ccc(OCC(=O)N4CCCC4)cc3)[nH]c2=O)c(F)c1. The number of hydrogen-bond donors (Lipinski definition) is 3. The number of aromatic amines is 1. The molecule has 2 heterocycles. The van der Waals surface area contributed by atoms with Crippen LogP contribution >= 0.6 is 0 Å². The molecule has 0 saturated carbocycles. The normalized spacial score (nSPS) is 14.1. The number of anilines is 1. The third-order valence-corrected chi connectivity index (χ3v) is 7.61. The molecule has 0 aliphatic carbocycles. The van der Waals surface area contributed by atoms with Crippen molar-refractivity contribution >= 4 is 17.5 Å². The molecule has 4 aromatic rings. The Morgan fingerprint density at radius 3 is 2.44 bits per heavy atom. The fraction of sp³-hybridized carbons (Fsp3) is 0.242. The number of nitrogens with zero attached hydrogens (tertiary/aromatic N) is 2. The van der Waals surface area contributed by atoms with E-state index in [0.717, 1.165) is 42.1 Å². The predicted molar refractivity (Wildman–Crippen MR) is 160 cm³/mol. The third-order valence-electron chi connectivity index (χ3n) is 7.61. The molecule has 1 aliphatic rings. The molecular weight excluding hydrogens is 551 g/mol. The van der Waals surface area contributed by atoms with Crippen LogP contribution in [0.1, 0.15) is 42.9 Å². The summed E-state index contributed by atoms with van der Waals surface area (Å²) >= 11 is 0. The first-order valence-corrected chi connectivity index (χ1v) is 13.9. The highest BCUT2D eigenvalue weighted by Crippen LogP contribution is 2.36. The van der Waals surface area contributed by atoms with Crippen molar-refractivity contribution in [3.8, 4) is 35.2 Å². The molecule has 0 unspecified atom stereocenters. The molecule has 1 aromatic heterocycles. The number of aromatic nitrogens is 2. The number of rotatable bonds is 9. The lowest BCUT2D eigenvalue weighted by molar-refractivity contribution is -0.132. The molecule has 9 nitrogen and oxygen atoms in total. The monoisotopic (exact) mass is 582 g/mol. The summed E-state index contributed by atoms with van der Waals surface area (Å²) in [5.41, 5.74) is 0.737. The fourth-order valence-corrected chi connectivity index (χ4v) is 5.24. The smallest absolute Gasteiger partial charge is 0.329 e. The van der Waals surface area contributed by atoms with E-state index in [0.29, 0.717) is 16.9 Å². The summed E-state index contributed by atoms with van der Waals surface area (Å²) in [4.78, 5) is 43.7. The molecular formula is C33H31FN4O5. The molecule has 0 bridgehead atoms. The molecule has 0 radical (unpaired) electrons. The Morgan fingerprint density at radius 1 is 1.09 bits per heavy atom. The van der Waals surface area contributed by atoms with Crippen molar-refractivity contribution in [2.75, 3.05) is 25.0 Å². The quantitative estimate of drug-likeness (QED) is 0.249. The second-order valence-corrected chi connectivity index (χ2v) is 10.4. The average Bonchev–Trinajstić information content (AvgIpc) is 3.67. The van der Waals surface area contributed by atoms with Crippen LogP contribution in [0.4, 0.5) is 10.1 Å². The second-order valence-electron chi connectivity index (χ2n) is 10.4. The van der Waals surface area contributed by atoms with Crippen molar-refractivity contribution in [3.05, 3.63) is 100 Å². The lowest BCUT2D eigenvalue weighted by Crippen LogP contribution is -2.35. The van der Waals surface area contributed by atoms with Gasteiger partial charge in [0, 0.05) is 30.1 Å². The summed E-state index contributed by atoms with van der Waals surface area (Å²) in [6.45, 7) is 3.13. The van der Waals surface area contributed by atoms with Crippen molar-refractivity contribution in [2.45, 2.75) is 31.7 Å². The van der Waals surface area contributed by atoms with E-state index in [-0.39, 0.29) is 23.9 Å². The van der Waals surface area contributed by atoms with Gasteiger partial charge in [-0.15, -0.1) is 6.42 Å². The van der Waals surface area contributed by atoms with Gasteiger partial charge in [-0.25, -0.2) is 13.8 Å². The number of imidazole rings is 1. The van der Waals surface area contributed by atoms with Crippen LogP contribution in [0.3, 0.4) is 0 Å². The van der Waals surface area contributed by atoms with E-state index < -0.39 is 35.3 Å². The highest BCUT2D eigenvalue weighted by Gasteiger charge is 2.33. The highest BCUT2D eigenvalue weighted by molar-refractivity contribution is 5.95. The van der Waals surface area contributed by atoms with E-state index in [9.17, 15) is 23.9 Å². The number of carbonyl (C=O) groups is 2. The van der Waals surface area contributed by atoms with Crippen LogP contribution in [0.25, 0.3) is 11.3 Å². The molecule has 2 amide bonds. The van der Waals surface area contributed by atoms with Gasteiger partial charge < -0.3 is 25.0 Å². The largest absolute Gasteiger partial charge is 0.493 e. The number of H-pyrrole nitrogens is 1. The summed E-state index contributed by atoms with van der Waals surface area (Å²) in [6.07, 6.45) is 7.33. The Morgan fingerprint density at radius 2 is 1.79 bits per heavy atom. The summed E-state index contributed by atoms with van der Waals surface area (Å²) in [5.74, 6) is 0.196. The van der Waals surface area contributed by atoms with Crippen molar-refractivity contribution < 1.29 is 23.8 Å².